The van der Waals surface area contributed by atoms with Gasteiger partial charge in [-0.2, -0.15) is 0 Å². The van der Waals surface area contributed by atoms with Gasteiger partial charge in [0.1, 0.15) is 0 Å². The zero-order valence-electron chi connectivity index (χ0n) is 37.7. The number of hydrogen-bond acceptors (Lipinski definition) is 1. The van der Waals surface area contributed by atoms with E-state index < -0.39 is 5.41 Å². The summed E-state index contributed by atoms with van der Waals surface area (Å²) in [6.45, 7) is 8.82. The van der Waals surface area contributed by atoms with E-state index in [-0.39, 0.29) is 5.41 Å². The topological polar surface area (TPSA) is 3.24 Å². The van der Waals surface area contributed by atoms with Crippen LogP contribution >= 0.6 is 0 Å². The molecule has 0 N–H and O–H groups in total. The molecule has 10 aromatic rings. The Labute approximate surface area is 393 Å². The highest BCUT2D eigenvalue weighted by Gasteiger charge is 2.52. The highest BCUT2D eigenvalue weighted by Crippen LogP contribution is 2.64. The van der Waals surface area contributed by atoms with Crippen molar-refractivity contribution in [1.29, 1.82) is 0 Å². The molecular formula is C66H47N. The fraction of sp³-hybridized carbons (Fsp3) is 0.0606. The van der Waals surface area contributed by atoms with E-state index in [1.54, 1.807) is 0 Å². The molecule has 0 aromatic heterocycles. The molecule has 1 heteroatoms. The lowest BCUT2D eigenvalue weighted by Crippen LogP contribution is -2.26. The molecule has 0 radical (unpaired) electrons. The van der Waals surface area contributed by atoms with Gasteiger partial charge in [0.2, 0.25) is 0 Å². The number of rotatable bonds is 7. The molecule has 0 heterocycles. The molecular weight excluding hydrogens is 807 g/mol. The molecule has 1 unspecified atom stereocenters. The van der Waals surface area contributed by atoms with Gasteiger partial charge in [-0.1, -0.05) is 208 Å². The molecule has 316 valence electrons. The summed E-state index contributed by atoms with van der Waals surface area (Å²) in [6, 6.07) is 86.1. The molecule has 0 saturated carbocycles. The third-order valence-electron chi connectivity index (χ3n) is 15.1. The van der Waals surface area contributed by atoms with Gasteiger partial charge in [0.25, 0.3) is 0 Å². The van der Waals surface area contributed by atoms with Crippen molar-refractivity contribution in [2.45, 2.75) is 24.7 Å². The molecule has 3 aliphatic rings. The second-order valence-electron chi connectivity index (χ2n) is 18.9. The molecule has 0 bridgehead atoms. The van der Waals surface area contributed by atoms with Crippen LogP contribution in [-0.2, 0) is 10.8 Å². The van der Waals surface area contributed by atoms with Crippen LogP contribution in [0.3, 0.4) is 0 Å². The zero-order chi connectivity index (χ0) is 44.9. The minimum atomic E-state index is -0.512. The molecule has 10 aromatic carbocycles. The van der Waals surface area contributed by atoms with Gasteiger partial charge in [0, 0.05) is 22.4 Å². The maximum atomic E-state index is 4.08. The molecule has 0 fully saturated rings. The molecule has 3 aliphatic carbocycles. The van der Waals surface area contributed by atoms with Crippen LogP contribution in [0.4, 0.5) is 17.1 Å². The molecule has 0 saturated heterocycles. The van der Waals surface area contributed by atoms with Crippen molar-refractivity contribution in [2.24, 2.45) is 0 Å². The lowest BCUT2D eigenvalue weighted by atomic mass is 9.70. The fourth-order valence-corrected chi connectivity index (χ4v) is 11.9. The third kappa shape index (κ3) is 5.74. The summed E-state index contributed by atoms with van der Waals surface area (Å²) < 4.78 is 0. The second kappa shape index (κ2) is 14.9. The van der Waals surface area contributed by atoms with E-state index in [1.807, 2.05) is 6.08 Å². The van der Waals surface area contributed by atoms with Crippen LogP contribution in [0.2, 0.25) is 0 Å². The second-order valence-corrected chi connectivity index (χ2v) is 18.9. The molecule has 13 rings (SSSR count). The average molecular weight is 854 g/mol. The van der Waals surface area contributed by atoms with Crippen molar-refractivity contribution in [3.8, 4) is 66.8 Å². The number of para-hydroxylation sites is 1. The lowest BCUT2D eigenvalue weighted by Gasteiger charge is -2.32. The fourth-order valence-electron chi connectivity index (χ4n) is 11.9. The monoisotopic (exact) mass is 853 g/mol. The SMILES string of the molecule is C=Cc1cccc(-c2ccc3c(c2)C2(c4ccccc4-3)c3ccccc3-c3ccc(-c4ccccc4N(c4ccc(-c5ccccc5)cc4)c4ccc5c(c4)C(C)(C)c4ccccc4-5)cc32)c1. The molecule has 0 aliphatic heterocycles. The van der Waals surface area contributed by atoms with E-state index in [1.165, 1.54) is 100 Å². The predicted octanol–water partition coefficient (Wildman–Crippen LogP) is 17.5. The van der Waals surface area contributed by atoms with Crippen LogP contribution in [0, 0.1) is 0 Å². The summed E-state index contributed by atoms with van der Waals surface area (Å²) >= 11 is 0. The standard InChI is InChI=1S/C66H47N/c1-4-43-17-16-20-46(39-43)47-31-36-56-53-23-9-13-26-59(53)66(62(56)40-47)60-27-14-10-24-54(60)57-37-32-48(41-63(57)66)51-21-11-15-28-64(51)67(49-33-29-45(30-34-49)44-18-6-5-7-19-44)50-35-38-55-52-22-8-12-25-58(52)65(2,3)61(55)42-50/h4-42H,1H2,2-3H3. The maximum Gasteiger partial charge on any atom is 0.0725 e. The summed E-state index contributed by atoms with van der Waals surface area (Å²) in [6.07, 6.45) is 1.93. The van der Waals surface area contributed by atoms with E-state index in [4.69, 9.17) is 0 Å². The van der Waals surface area contributed by atoms with Crippen LogP contribution in [0.15, 0.2) is 237 Å². The van der Waals surface area contributed by atoms with E-state index in [0.29, 0.717) is 0 Å². The Kier molecular flexibility index (Phi) is 8.70. The Morgan fingerprint density at radius 1 is 0.328 bits per heavy atom. The number of nitrogens with zero attached hydrogens (tertiary/aromatic N) is 1. The Hall–Kier alpha value is -8.26. The Bertz CT molecular complexity index is 3620. The van der Waals surface area contributed by atoms with Crippen molar-refractivity contribution in [2.75, 3.05) is 4.90 Å². The molecule has 67 heavy (non-hydrogen) atoms. The normalized spacial score (nSPS) is 15.3. The molecule has 1 atom stereocenters. The minimum absolute atomic E-state index is 0.143. The molecule has 0 amide bonds. The third-order valence-corrected chi connectivity index (χ3v) is 15.1. The highest BCUT2D eigenvalue weighted by atomic mass is 15.1. The number of anilines is 3. The van der Waals surface area contributed by atoms with Crippen LogP contribution < -0.4 is 4.90 Å². The van der Waals surface area contributed by atoms with E-state index in [9.17, 15) is 0 Å². The summed E-state index contributed by atoms with van der Waals surface area (Å²) in [5.74, 6) is 0. The van der Waals surface area contributed by atoms with Gasteiger partial charge in [-0.15, -0.1) is 0 Å². The first-order chi connectivity index (χ1) is 32.9. The smallest absolute Gasteiger partial charge is 0.0725 e. The highest BCUT2D eigenvalue weighted by molar-refractivity contribution is 5.98. The van der Waals surface area contributed by atoms with Gasteiger partial charge in [0.15, 0.2) is 0 Å². The lowest BCUT2D eigenvalue weighted by molar-refractivity contribution is 0.660. The first-order valence-electron chi connectivity index (χ1n) is 23.4. The minimum Gasteiger partial charge on any atom is -0.310 e. The van der Waals surface area contributed by atoms with Gasteiger partial charge < -0.3 is 4.90 Å². The first kappa shape index (κ1) is 39.1. The Morgan fingerprint density at radius 3 is 1.48 bits per heavy atom. The first-order valence-corrected chi connectivity index (χ1v) is 23.4. The van der Waals surface area contributed by atoms with Crippen molar-refractivity contribution >= 4 is 23.1 Å². The number of hydrogen-bond donors (Lipinski definition) is 0. The number of fused-ring (bicyclic) bond motifs is 13. The van der Waals surface area contributed by atoms with Crippen LogP contribution in [0.25, 0.3) is 72.8 Å². The zero-order valence-corrected chi connectivity index (χ0v) is 37.7. The van der Waals surface area contributed by atoms with Gasteiger partial charge in [-0.25, -0.2) is 0 Å². The van der Waals surface area contributed by atoms with Crippen LogP contribution in [0.5, 0.6) is 0 Å². The van der Waals surface area contributed by atoms with Crippen molar-refractivity contribution in [3.05, 3.63) is 276 Å². The number of benzene rings is 10. The van der Waals surface area contributed by atoms with Gasteiger partial charge >= 0.3 is 0 Å². The average Bonchev–Trinajstić information content (AvgIpc) is 3.94. The predicted molar refractivity (Wildman–Crippen MR) is 281 cm³/mol. The summed E-state index contributed by atoms with van der Waals surface area (Å²) in [4.78, 5) is 2.48. The Balaban J connectivity index is 1.02. The van der Waals surface area contributed by atoms with E-state index in [2.05, 4.69) is 256 Å². The quantitative estimate of drug-likeness (QED) is 0.154. The maximum absolute atomic E-state index is 4.08. The van der Waals surface area contributed by atoms with E-state index in [0.717, 1.165) is 22.6 Å². The van der Waals surface area contributed by atoms with Crippen LogP contribution in [-0.4, -0.2) is 0 Å². The summed E-state index contributed by atoms with van der Waals surface area (Å²) in [5, 5.41) is 0. The Morgan fingerprint density at radius 2 is 0.791 bits per heavy atom. The molecule has 1 spiro atoms. The van der Waals surface area contributed by atoms with E-state index >= 15 is 0 Å². The van der Waals surface area contributed by atoms with Crippen molar-refractivity contribution in [3.63, 3.8) is 0 Å². The van der Waals surface area contributed by atoms with Crippen molar-refractivity contribution in [1.82, 2.24) is 0 Å². The van der Waals surface area contributed by atoms with Gasteiger partial charge in [-0.05, 0) is 149 Å². The van der Waals surface area contributed by atoms with Gasteiger partial charge in [-0.3, -0.25) is 0 Å². The molecule has 1 nitrogen and oxygen atoms in total. The largest absolute Gasteiger partial charge is 0.310 e. The summed E-state index contributed by atoms with van der Waals surface area (Å²) in [5.41, 5.74) is 26.8. The van der Waals surface area contributed by atoms with Gasteiger partial charge in [0.05, 0.1) is 11.1 Å². The van der Waals surface area contributed by atoms with Crippen molar-refractivity contribution < 1.29 is 0 Å². The van der Waals surface area contributed by atoms with Crippen LogP contribution in [0.1, 0.15) is 52.8 Å². The summed E-state index contributed by atoms with van der Waals surface area (Å²) in [7, 11) is 0.